The Labute approximate surface area is 160 Å². The van der Waals surface area contributed by atoms with E-state index in [1.165, 1.54) is 39.6 Å². The Morgan fingerprint density at radius 1 is 0.783 bits per heavy atom. The van der Waals surface area contributed by atoms with Gasteiger partial charge in [-0.05, 0) is 84.8 Å². The van der Waals surface area contributed by atoms with Crippen molar-refractivity contribution in [2.45, 2.75) is 6.42 Å². The molecular weight excluding hydrogens is 452 g/mol. The van der Waals surface area contributed by atoms with Gasteiger partial charge in [0.1, 0.15) is 0 Å². The molecule has 2 heterocycles. The van der Waals surface area contributed by atoms with E-state index in [0.29, 0.717) is 0 Å². The topological polar surface area (TPSA) is 0 Å². The van der Waals surface area contributed by atoms with E-state index in [4.69, 9.17) is 0 Å². The molecule has 2 aliphatic rings. The van der Waals surface area contributed by atoms with Crippen molar-refractivity contribution >= 4 is 65.7 Å². The third-order valence-electron chi connectivity index (χ3n) is 3.87. The average molecular weight is 464 g/mol. The Balaban J connectivity index is 1.77. The standard InChI is InChI=1S/C19H12Br2S2/c20-18-9-7-16(22-18)14-5-1-3-12-11-13(14)4-2-6-15(12)17-8-10-19(21)23-17/h1-10H,11H2. The molecule has 114 valence electrons. The minimum atomic E-state index is 0.968. The van der Waals surface area contributed by atoms with Crippen molar-refractivity contribution < 1.29 is 0 Å². The Bertz CT molecular complexity index is 917. The fourth-order valence-electron chi connectivity index (χ4n) is 2.83. The van der Waals surface area contributed by atoms with E-state index in [9.17, 15) is 0 Å². The average Bonchev–Trinajstić information content (AvgIpc) is 3.02. The molecule has 2 aromatic rings. The van der Waals surface area contributed by atoms with Gasteiger partial charge in [-0.1, -0.05) is 36.5 Å². The summed E-state index contributed by atoms with van der Waals surface area (Å²) in [5.41, 5.74) is 5.40. The van der Waals surface area contributed by atoms with E-state index in [-0.39, 0.29) is 0 Å². The van der Waals surface area contributed by atoms with Gasteiger partial charge in [0.05, 0.1) is 7.57 Å². The molecular formula is C19H12Br2S2. The summed E-state index contributed by atoms with van der Waals surface area (Å²) in [4.78, 5) is 2.62. The van der Waals surface area contributed by atoms with Crippen LogP contribution in [0.5, 0.6) is 0 Å². The second-order valence-electron chi connectivity index (χ2n) is 5.31. The van der Waals surface area contributed by atoms with E-state index >= 15 is 0 Å². The van der Waals surface area contributed by atoms with E-state index in [1.807, 2.05) is 0 Å². The number of rotatable bonds is 2. The Morgan fingerprint density at radius 2 is 1.48 bits per heavy atom. The third kappa shape index (κ3) is 3.18. The lowest BCUT2D eigenvalue weighted by molar-refractivity contribution is 1.24. The van der Waals surface area contributed by atoms with Gasteiger partial charge in [0.25, 0.3) is 0 Å². The lowest BCUT2D eigenvalue weighted by Gasteiger charge is -2.10. The van der Waals surface area contributed by atoms with Crippen LogP contribution in [0.3, 0.4) is 0 Å². The normalized spacial score (nSPS) is 17.0. The summed E-state index contributed by atoms with van der Waals surface area (Å²) in [6.07, 6.45) is 14.3. The van der Waals surface area contributed by atoms with Gasteiger partial charge in [-0.3, -0.25) is 0 Å². The van der Waals surface area contributed by atoms with Gasteiger partial charge in [-0.2, -0.15) is 0 Å². The van der Waals surface area contributed by atoms with Crippen molar-refractivity contribution in [3.05, 3.63) is 89.2 Å². The zero-order valence-corrected chi connectivity index (χ0v) is 16.9. The fourth-order valence-corrected chi connectivity index (χ4v) is 5.72. The molecule has 0 aliphatic heterocycles. The molecule has 0 nitrogen and oxygen atoms in total. The Hall–Kier alpha value is -0.940. The lowest BCUT2D eigenvalue weighted by Crippen LogP contribution is -1.89. The molecule has 4 rings (SSSR count). The first-order valence-corrected chi connectivity index (χ1v) is 10.4. The summed E-state index contributed by atoms with van der Waals surface area (Å²) in [6, 6.07) is 8.62. The van der Waals surface area contributed by atoms with Crippen LogP contribution in [0.1, 0.15) is 16.2 Å². The zero-order valence-electron chi connectivity index (χ0n) is 12.1. The molecule has 0 fully saturated rings. The highest BCUT2D eigenvalue weighted by molar-refractivity contribution is 9.11. The van der Waals surface area contributed by atoms with Crippen molar-refractivity contribution in [3.8, 4) is 0 Å². The maximum absolute atomic E-state index is 3.57. The van der Waals surface area contributed by atoms with E-state index in [2.05, 4.69) is 92.6 Å². The maximum Gasteiger partial charge on any atom is 0.0705 e. The van der Waals surface area contributed by atoms with Crippen molar-refractivity contribution in [1.82, 2.24) is 0 Å². The summed E-state index contributed by atoms with van der Waals surface area (Å²) in [7, 11) is 0. The van der Waals surface area contributed by atoms with Gasteiger partial charge in [0, 0.05) is 9.75 Å². The van der Waals surface area contributed by atoms with Gasteiger partial charge in [0.15, 0.2) is 0 Å². The molecule has 2 bridgehead atoms. The number of halogens is 2. The maximum atomic E-state index is 3.57. The van der Waals surface area contributed by atoms with Gasteiger partial charge in [-0.25, -0.2) is 0 Å². The first-order valence-electron chi connectivity index (χ1n) is 7.21. The van der Waals surface area contributed by atoms with Crippen molar-refractivity contribution in [3.63, 3.8) is 0 Å². The van der Waals surface area contributed by atoms with Crippen LogP contribution in [-0.2, 0) is 0 Å². The molecule has 0 amide bonds. The number of fused-ring (bicyclic) bond motifs is 2. The van der Waals surface area contributed by atoms with Crippen LogP contribution in [-0.4, -0.2) is 0 Å². The van der Waals surface area contributed by atoms with E-state index < -0.39 is 0 Å². The van der Waals surface area contributed by atoms with E-state index in [0.717, 1.165) is 6.42 Å². The molecule has 2 aliphatic carbocycles. The quantitative estimate of drug-likeness (QED) is 0.429. The summed E-state index contributed by atoms with van der Waals surface area (Å²) >= 11 is 10.7. The molecule has 0 N–H and O–H groups in total. The van der Waals surface area contributed by atoms with Gasteiger partial charge >= 0.3 is 0 Å². The third-order valence-corrected chi connectivity index (χ3v) is 7.18. The van der Waals surface area contributed by atoms with Crippen molar-refractivity contribution in [2.24, 2.45) is 0 Å². The van der Waals surface area contributed by atoms with Crippen LogP contribution in [0, 0.1) is 0 Å². The predicted molar refractivity (Wildman–Crippen MR) is 110 cm³/mol. The number of allylic oxidation sites excluding steroid dienone is 10. The summed E-state index contributed by atoms with van der Waals surface area (Å²) in [6.45, 7) is 0. The largest absolute Gasteiger partial charge is 0.128 e. The van der Waals surface area contributed by atoms with Crippen LogP contribution in [0.4, 0.5) is 0 Å². The Morgan fingerprint density at radius 3 is 2.17 bits per heavy atom. The summed E-state index contributed by atoms with van der Waals surface area (Å²) in [5.74, 6) is 0. The first kappa shape index (κ1) is 15.6. The van der Waals surface area contributed by atoms with Crippen molar-refractivity contribution in [2.75, 3.05) is 0 Å². The molecule has 0 saturated carbocycles. The molecule has 4 heteroatoms. The minimum Gasteiger partial charge on any atom is -0.128 e. The molecule has 0 aromatic carbocycles. The highest BCUT2D eigenvalue weighted by Gasteiger charge is 2.17. The highest BCUT2D eigenvalue weighted by atomic mass is 79.9. The molecule has 0 unspecified atom stereocenters. The fraction of sp³-hybridized carbons (Fsp3) is 0.0526. The molecule has 0 spiro atoms. The van der Waals surface area contributed by atoms with E-state index in [1.54, 1.807) is 22.7 Å². The zero-order chi connectivity index (χ0) is 15.8. The Kier molecular flexibility index (Phi) is 4.41. The molecule has 0 atom stereocenters. The lowest BCUT2D eigenvalue weighted by atomic mass is 9.97. The number of hydrogen-bond acceptors (Lipinski definition) is 2. The van der Waals surface area contributed by atoms with Crippen LogP contribution in [0.2, 0.25) is 0 Å². The molecule has 0 saturated heterocycles. The van der Waals surface area contributed by atoms with Crippen LogP contribution in [0.15, 0.2) is 79.4 Å². The van der Waals surface area contributed by atoms with Gasteiger partial charge < -0.3 is 0 Å². The molecule has 2 aromatic heterocycles. The van der Waals surface area contributed by atoms with Crippen molar-refractivity contribution in [1.29, 1.82) is 0 Å². The second-order valence-corrected chi connectivity index (χ2v) is 10.2. The minimum absolute atomic E-state index is 0.968. The smallest absolute Gasteiger partial charge is 0.0705 e. The summed E-state index contributed by atoms with van der Waals surface area (Å²) < 4.78 is 2.34. The monoisotopic (exact) mass is 462 g/mol. The van der Waals surface area contributed by atoms with Gasteiger partial charge in [0.2, 0.25) is 0 Å². The molecule has 23 heavy (non-hydrogen) atoms. The van der Waals surface area contributed by atoms with Gasteiger partial charge in [-0.15, -0.1) is 22.7 Å². The summed E-state index contributed by atoms with van der Waals surface area (Å²) in [5, 5.41) is 0. The first-order chi connectivity index (χ1) is 11.2. The highest BCUT2D eigenvalue weighted by Crippen LogP contribution is 2.40. The second kappa shape index (κ2) is 6.52. The van der Waals surface area contributed by atoms with Crippen LogP contribution in [0.25, 0.3) is 11.1 Å². The van der Waals surface area contributed by atoms with Crippen LogP contribution < -0.4 is 0 Å². The SMILES string of the molecule is Brc1ccc(C2=CC=CC3=C(c4ccc(Br)s4)C=CC=C2C3)s1. The van der Waals surface area contributed by atoms with Crippen LogP contribution >= 0.6 is 54.5 Å². The number of thiophene rings is 2. The number of hydrogen-bond donors (Lipinski definition) is 0. The predicted octanol–water partition coefficient (Wildman–Crippen LogP) is 7.63. The molecule has 0 radical (unpaired) electrons.